The van der Waals surface area contributed by atoms with Crippen molar-refractivity contribution in [1.29, 1.82) is 0 Å². The van der Waals surface area contributed by atoms with Crippen molar-refractivity contribution in [3.8, 4) is 11.5 Å². The van der Waals surface area contributed by atoms with Crippen LogP contribution < -0.4 is 14.8 Å². The Morgan fingerprint density at radius 3 is 2.88 bits per heavy atom. The van der Waals surface area contributed by atoms with Crippen molar-refractivity contribution >= 4 is 34.6 Å². The minimum atomic E-state index is -0.261. The summed E-state index contributed by atoms with van der Waals surface area (Å²) in [6, 6.07) is 4.69. The maximum absolute atomic E-state index is 12.4. The molecule has 3 aliphatic rings. The van der Waals surface area contributed by atoms with Crippen molar-refractivity contribution in [3.05, 3.63) is 18.2 Å². The van der Waals surface area contributed by atoms with Crippen LogP contribution in [-0.2, 0) is 4.79 Å². The van der Waals surface area contributed by atoms with Gasteiger partial charge in [-0.25, -0.2) is 4.79 Å². The second kappa shape index (κ2) is 5.90. The van der Waals surface area contributed by atoms with E-state index in [1.807, 2.05) is 0 Å². The third kappa shape index (κ3) is 2.64. The molecule has 0 unspecified atom stereocenters. The predicted molar refractivity (Wildman–Crippen MR) is 86.3 cm³/mol. The third-order valence-electron chi connectivity index (χ3n) is 4.22. The molecule has 0 aromatic heterocycles. The lowest BCUT2D eigenvalue weighted by Gasteiger charge is -2.22. The summed E-state index contributed by atoms with van der Waals surface area (Å²) in [5.41, 5.74) is 0.608. The van der Waals surface area contributed by atoms with Gasteiger partial charge in [-0.2, -0.15) is 0 Å². The fourth-order valence-electron chi connectivity index (χ4n) is 3.03. The van der Waals surface area contributed by atoms with Crippen molar-refractivity contribution in [2.24, 2.45) is 0 Å². The Kier molecular flexibility index (Phi) is 3.72. The quantitative estimate of drug-likeness (QED) is 0.875. The molecule has 1 N–H and O–H groups in total. The molecule has 1 atom stereocenters. The van der Waals surface area contributed by atoms with Gasteiger partial charge in [-0.05, 0) is 18.6 Å². The molecule has 0 spiro atoms. The molecule has 8 nitrogen and oxygen atoms in total. The van der Waals surface area contributed by atoms with Crippen LogP contribution in [0.2, 0.25) is 0 Å². The summed E-state index contributed by atoms with van der Waals surface area (Å²) in [4.78, 5) is 38.8. The molecule has 0 radical (unpaired) electrons. The van der Waals surface area contributed by atoms with Gasteiger partial charge in [0.05, 0.1) is 11.8 Å². The van der Waals surface area contributed by atoms with Crippen LogP contribution >= 0.6 is 11.8 Å². The molecule has 2 saturated heterocycles. The number of imide groups is 1. The fraction of sp³-hybridized carbons (Fsp3) is 0.400. The first-order chi connectivity index (χ1) is 11.6. The Balaban J connectivity index is 1.39. The normalized spacial score (nSPS) is 22.4. The number of rotatable bonds is 2. The standard InChI is InChI=1S/C15H15N3O5S/c19-13-7-24-15(21)18(13)10-3-4-17(6-10)14(20)16-9-1-2-11-12(5-9)23-8-22-11/h1-2,5,10H,3-4,6-8H2,(H,16,20)/t10-/m1/s1. The van der Waals surface area contributed by atoms with Gasteiger partial charge < -0.3 is 19.7 Å². The molecule has 126 valence electrons. The second-order valence-corrected chi connectivity index (χ2v) is 6.63. The molecule has 0 bridgehead atoms. The van der Waals surface area contributed by atoms with Gasteiger partial charge in [0.25, 0.3) is 5.24 Å². The molecule has 3 heterocycles. The van der Waals surface area contributed by atoms with E-state index in [9.17, 15) is 14.4 Å². The lowest BCUT2D eigenvalue weighted by Crippen LogP contribution is -2.42. The summed E-state index contributed by atoms with van der Waals surface area (Å²) >= 11 is 1.02. The molecular formula is C15H15N3O5S. The van der Waals surface area contributed by atoms with E-state index in [0.717, 1.165) is 11.8 Å². The molecule has 24 heavy (non-hydrogen) atoms. The van der Waals surface area contributed by atoms with E-state index < -0.39 is 0 Å². The number of hydrogen-bond donors (Lipinski definition) is 1. The monoisotopic (exact) mass is 349 g/mol. The number of fused-ring (bicyclic) bond motifs is 1. The van der Waals surface area contributed by atoms with Gasteiger partial charge in [0.2, 0.25) is 12.7 Å². The van der Waals surface area contributed by atoms with Crippen molar-refractivity contribution in [1.82, 2.24) is 9.80 Å². The SMILES string of the molecule is O=C(Nc1ccc2c(c1)OCO2)N1CC[C@@H](N2C(=O)CSC2=O)C1. The van der Waals surface area contributed by atoms with Crippen molar-refractivity contribution < 1.29 is 23.9 Å². The fourth-order valence-corrected chi connectivity index (χ4v) is 3.81. The lowest BCUT2D eigenvalue weighted by atomic mass is 10.2. The van der Waals surface area contributed by atoms with Gasteiger partial charge >= 0.3 is 6.03 Å². The first-order valence-corrected chi connectivity index (χ1v) is 8.55. The number of hydrogen-bond acceptors (Lipinski definition) is 6. The Bertz CT molecular complexity index is 709. The molecule has 0 saturated carbocycles. The highest BCUT2D eigenvalue weighted by molar-refractivity contribution is 8.14. The van der Waals surface area contributed by atoms with Crippen LogP contribution in [0.4, 0.5) is 15.3 Å². The Morgan fingerprint density at radius 1 is 1.25 bits per heavy atom. The van der Waals surface area contributed by atoms with Gasteiger partial charge in [0, 0.05) is 24.8 Å². The average Bonchev–Trinajstić information content (AvgIpc) is 3.27. The lowest BCUT2D eigenvalue weighted by molar-refractivity contribution is -0.126. The summed E-state index contributed by atoms with van der Waals surface area (Å²) in [7, 11) is 0. The number of nitrogens with zero attached hydrogens (tertiary/aromatic N) is 2. The summed E-state index contributed by atoms with van der Waals surface area (Å²) in [6.45, 7) is 1.04. The predicted octanol–water partition coefficient (Wildman–Crippen LogP) is 1.72. The molecule has 3 aliphatic heterocycles. The number of thioether (sulfide) groups is 1. The van der Waals surface area contributed by atoms with Crippen LogP contribution in [-0.4, -0.2) is 58.7 Å². The molecule has 1 aromatic rings. The Labute approximate surface area is 142 Å². The summed E-state index contributed by atoms with van der Waals surface area (Å²) in [5, 5.41) is 2.59. The van der Waals surface area contributed by atoms with Crippen LogP contribution in [0.5, 0.6) is 11.5 Å². The molecular weight excluding hydrogens is 334 g/mol. The van der Waals surface area contributed by atoms with Crippen LogP contribution in [0, 0.1) is 0 Å². The summed E-state index contributed by atoms with van der Waals surface area (Å²) in [5.74, 6) is 1.27. The number of carbonyl (C=O) groups is 3. The van der Waals surface area contributed by atoms with E-state index in [1.165, 1.54) is 4.90 Å². The zero-order chi connectivity index (χ0) is 16.7. The second-order valence-electron chi connectivity index (χ2n) is 5.71. The van der Waals surface area contributed by atoms with Gasteiger partial charge in [0.1, 0.15) is 0 Å². The van der Waals surface area contributed by atoms with Crippen LogP contribution in [0.15, 0.2) is 18.2 Å². The molecule has 4 amide bonds. The van der Waals surface area contributed by atoms with E-state index in [4.69, 9.17) is 9.47 Å². The van der Waals surface area contributed by atoms with Gasteiger partial charge in [-0.1, -0.05) is 11.8 Å². The van der Waals surface area contributed by atoms with E-state index in [0.29, 0.717) is 36.7 Å². The minimum Gasteiger partial charge on any atom is -0.454 e. The number of nitrogens with one attached hydrogen (secondary N) is 1. The molecule has 4 rings (SSSR count). The van der Waals surface area contributed by atoms with Gasteiger partial charge in [0.15, 0.2) is 11.5 Å². The first-order valence-electron chi connectivity index (χ1n) is 7.56. The van der Waals surface area contributed by atoms with Crippen molar-refractivity contribution in [2.45, 2.75) is 12.5 Å². The average molecular weight is 349 g/mol. The topological polar surface area (TPSA) is 88.2 Å². The Hall–Kier alpha value is -2.42. The molecule has 2 fully saturated rings. The van der Waals surface area contributed by atoms with Gasteiger partial charge in [-0.3, -0.25) is 14.5 Å². The zero-order valence-electron chi connectivity index (χ0n) is 12.7. The number of likely N-dealkylation sites (tertiary alicyclic amines) is 1. The number of ether oxygens (including phenoxy) is 2. The molecule has 1 aromatic carbocycles. The summed E-state index contributed by atoms with van der Waals surface area (Å²) in [6.07, 6.45) is 0.604. The van der Waals surface area contributed by atoms with E-state index >= 15 is 0 Å². The minimum absolute atomic E-state index is 0.173. The van der Waals surface area contributed by atoms with Crippen LogP contribution in [0.1, 0.15) is 6.42 Å². The van der Waals surface area contributed by atoms with Crippen molar-refractivity contribution in [2.75, 3.05) is 31.0 Å². The van der Waals surface area contributed by atoms with Crippen LogP contribution in [0.25, 0.3) is 0 Å². The number of urea groups is 1. The highest BCUT2D eigenvalue weighted by Gasteiger charge is 2.40. The number of benzene rings is 1. The molecule has 9 heteroatoms. The number of amides is 4. The first kappa shape index (κ1) is 15.1. The largest absolute Gasteiger partial charge is 0.454 e. The third-order valence-corrected chi connectivity index (χ3v) is 5.06. The Morgan fingerprint density at radius 2 is 2.08 bits per heavy atom. The van der Waals surface area contributed by atoms with E-state index in [1.54, 1.807) is 23.1 Å². The maximum atomic E-state index is 12.4. The zero-order valence-corrected chi connectivity index (χ0v) is 13.5. The maximum Gasteiger partial charge on any atom is 0.321 e. The highest BCUT2D eigenvalue weighted by atomic mass is 32.2. The highest BCUT2D eigenvalue weighted by Crippen LogP contribution is 2.34. The van der Waals surface area contributed by atoms with Crippen molar-refractivity contribution in [3.63, 3.8) is 0 Å². The van der Waals surface area contributed by atoms with Crippen LogP contribution in [0.3, 0.4) is 0 Å². The van der Waals surface area contributed by atoms with E-state index in [-0.39, 0.29) is 35.8 Å². The van der Waals surface area contributed by atoms with Gasteiger partial charge in [-0.15, -0.1) is 0 Å². The number of anilines is 1. The number of carbonyl (C=O) groups excluding carboxylic acids is 3. The molecule has 0 aliphatic carbocycles. The summed E-state index contributed by atoms with van der Waals surface area (Å²) < 4.78 is 10.5. The smallest absolute Gasteiger partial charge is 0.321 e. The van der Waals surface area contributed by atoms with E-state index in [2.05, 4.69) is 5.32 Å².